The van der Waals surface area contributed by atoms with E-state index in [1.165, 1.54) is 0 Å². The molecular weight excluding hydrogens is 362 g/mol. The number of carbonyl (C=O) groups is 1. The van der Waals surface area contributed by atoms with E-state index >= 15 is 0 Å². The van der Waals surface area contributed by atoms with Gasteiger partial charge in [0.1, 0.15) is 5.75 Å². The molecule has 2 amide bonds. The van der Waals surface area contributed by atoms with Crippen LogP contribution in [0.5, 0.6) is 5.75 Å². The molecule has 0 aliphatic heterocycles. The van der Waals surface area contributed by atoms with Crippen molar-refractivity contribution in [2.45, 2.75) is 5.92 Å². The van der Waals surface area contributed by atoms with E-state index < -0.39 is 0 Å². The Balaban J connectivity index is 1.56. The second-order valence-corrected chi connectivity index (χ2v) is 6.79. The Labute approximate surface area is 169 Å². The summed E-state index contributed by atoms with van der Waals surface area (Å²) >= 11 is 0. The molecule has 0 aliphatic rings. The first kappa shape index (κ1) is 18.6. The third-order valence-electron chi connectivity index (χ3n) is 5.02. The molecule has 0 radical (unpaired) electrons. The van der Waals surface area contributed by atoms with Crippen LogP contribution in [0.2, 0.25) is 0 Å². The van der Waals surface area contributed by atoms with Gasteiger partial charge in [0.15, 0.2) is 0 Å². The van der Waals surface area contributed by atoms with Crippen LogP contribution < -0.4 is 15.4 Å². The Morgan fingerprint density at radius 3 is 2.52 bits per heavy atom. The van der Waals surface area contributed by atoms with Crippen LogP contribution >= 0.6 is 0 Å². The van der Waals surface area contributed by atoms with Gasteiger partial charge in [0.25, 0.3) is 0 Å². The number of hydrogen-bond acceptors (Lipinski definition) is 2. The second kappa shape index (κ2) is 8.52. The van der Waals surface area contributed by atoms with Crippen molar-refractivity contribution < 1.29 is 9.53 Å². The van der Waals surface area contributed by atoms with Crippen LogP contribution in [0.25, 0.3) is 10.9 Å². The van der Waals surface area contributed by atoms with Crippen LogP contribution in [0.3, 0.4) is 0 Å². The van der Waals surface area contributed by atoms with Crippen molar-refractivity contribution in [3.05, 3.63) is 96.2 Å². The minimum Gasteiger partial charge on any atom is -0.495 e. The maximum atomic E-state index is 12.6. The average molecular weight is 385 g/mol. The number of aromatic nitrogens is 1. The number of anilines is 1. The minimum absolute atomic E-state index is 0.0239. The zero-order valence-corrected chi connectivity index (χ0v) is 16.2. The average Bonchev–Trinajstić information content (AvgIpc) is 3.19. The van der Waals surface area contributed by atoms with Gasteiger partial charge >= 0.3 is 6.03 Å². The Hall–Kier alpha value is -3.73. The molecule has 0 bridgehead atoms. The summed E-state index contributed by atoms with van der Waals surface area (Å²) < 4.78 is 5.30. The molecule has 1 atom stereocenters. The molecule has 5 nitrogen and oxygen atoms in total. The van der Waals surface area contributed by atoms with Gasteiger partial charge in [-0.1, -0.05) is 60.7 Å². The van der Waals surface area contributed by atoms with Crippen molar-refractivity contribution in [2.24, 2.45) is 0 Å². The largest absolute Gasteiger partial charge is 0.495 e. The number of para-hydroxylation sites is 3. The van der Waals surface area contributed by atoms with E-state index in [0.29, 0.717) is 18.0 Å². The Morgan fingerprint density at radius 2 is 1.69 bits per heavy atom. The third kappa shape index (κ3) is 4.09. The summed E-state index contributed by atoms with van der Waals surface area (Å²) in [6.45, 7) is 0.465. The molecule has 4 rings (SSSR count). The van der Waals surface area contributed by atoms with E-state index in [0.717, 1.165) is 22.0 Å². The fourth-order valence-electron chi connectivity index (χ4n) is 3.58. The smallest absolute Gasteiger partial charge is 0.319 e. The molecular formula is C24H23N3O2. The monoisotopic (exact) mass is 385 g/mol. The lowest BCUT2D eigenvalue weighted by Gasteiger charge is -2.19. The number of methoxy groups -OCH3 is 1. The molecule has 0 fully saturated rings. The summed E-state index contributed by atoms with van der Waals surface area (Å²) in [6.07, 6.45) is 2.03. The van der Waals surface area contributed by atoms with Crippen LogP contribution in [0.1, 0.15) is 17.0 Å². The number of carbonyl (C=O) groups excluding carboxylic acids is 1. The summed E-state index contributed by atoms with van der Waals surface area (Å²) in [4.78, 5) is 15.9. The number of urea groups is 1. The SMILES string of the molecule is COc1ccccc1NC(=O)NC[C@H](c1ccccc1)c1c[nH]c2ccccc12. The molecule has 5 heteroatoms. The number of rotatable bonds is 6. The normalized spacial score (nSPS) is 11.8. The molecule has 3 N–H and O–H groups in total. The number of ether oxygens (including phenoxy) is 1. The summed E-state index contributed by atoms with van der Waals surface area (Å²) in [5.41, 5.74) is 4.02. The van der Waals surface area contributed by atoms with E-state index in [1.807, 2.05) is 60.8 Å². The standard InChI is InChI=1S/C24H23N3O2/c1-29-23-14-8-7-13-22(23)27-24(28)26-15-19(17-9-3-2-4-10-17)20-16-25-21-12-6-5-11-18(20)21/h2-14,16,19,25H,15H2,1H3,(H2,26,27,28)/t19-/m1/s1. The first-order valence-corrected chi connectivity index (χ1v) is 9.55. The van der Waals surface area contributed by atoms with Crippen molar-refractivity contribution in [3.63, 3.8) is 0 Å². The number of fused-ring (bicyclic) bond motifs is 1. The van der Waals surface area contributed by atoms with Crippen molar-refractivity contribution in [1.82, 2.24) is 10.3 Å². The van der Waals surface area contributed by atoms with E-state index in [4.69, 9.17) is 4.74 Å². The van der Waals surface area contributed by atoms with E-state index in [-0.39, 0.29) is 11.9 Å². The van der Waals surface area contributed by atoms with E-state index in [2.05, 4.69) is 39.9 Å². The number of H-pyrrole nitrogens is 1. The zero-order chi connectivity index (χ0) is 20.1. The highest BCUT2D eigenvalue weighted by Gasteiger charge is 2.19. The van der Waals surface area contributed by atoms with Gasteiger partial charge in [-0.15, -0.1) is 0 Å². The summed E-state index contributed by atoms with van der Waals surface area (Å²) in [6, 6.07) is 25.5. The number of nitrogens with one attached hydrogen (secondary N) is 3. The Bertz CT molecular complexity index is 1110. The highest BCUT2D eigenvalue weighted by Crippen LogP contribution is 2.30. The van der Waals surface area contributed by atoms with Crippen LogP contribution in [0.15, 0.2) is 85.1 Å². The van der Waals surface area contributed by atoms with Crippen LogP contribution in [0.4, 0.5) is 10.5 Å². The highest BCUT2D eigenvalue weighted by molar-refractivity contribution is 5.91. The minimum atomic E-state index is -0.268. The highest BCUT2D eigenvalue weighted by atomic mass is 16.5. The third-order valence-corrected chi connectivity index (χ3v) is 5.02. The Morgan fingerprint density at radius 1 is 0.966 bits per heavy atom. The van der Waals surface area contributed by atoms with Crippen molar-refractivity contribution in [2.75, 3.05) is 19.0 Å². The maximum Gasteiger partial charge on any atom is 0.319 e. The number of hydrogen-bond donors (Lipinski definition) is 3. The van der Waals surface area contributed by atoms with Crippen molar-refractivity contribution >= 4 is 22.6 Å². The molecule has 146 valence electrons. The lowest BCUT2D eigenvalue weighted by molar-refractivity contribution is 0.251. The predicted molar refractivity (Wildman–Crippen MR) is 117 cm³/mol. The molecule has 0 aliphatic carbocycles. The van der Waals surface area contributed by atoms with Gasteiger partial charge in [-0.2, -0.15) is 0 Å². The number of aromatic amines is 1. The van der Waals surface area contributed by atoms with Crippen LogP contribution in [-0.2, 0) is 0 Å². The van der Waals surface area contributed by atoms with Gasteiger partial charge < -0.3 is 20.4 Å². The number of amides is 2. The van der Waals surface area contributed by atoms with Gasteiger partial charge in [0.05, 0.1) is 12.8 Å². The second-order valence-electron chi connectivity index (χ2n) is 6.79. The van der Waals surface area contributed by atoms with Gasteiger partial charge in [-0.25, -0.2) is 4.79 Å². The van der Waals surface area contributed by atoms with E-state index in [9.17, 15) is 4.79 Å². The molecule has 0 spiro atoms. The van der Waals surface area contributed by atoms with Gasteiger partial charge in [-0.3, -0.25) is 0 Å². The Kier molecular flexibility index (Phi) is 5.47. The fourth-order valence-corrected chi connectivity index (χ4v) is 3.58. The zero-order valence-electron chi connectivity index (χ0n) is 16.2. The van der Waals surface area contributed by atoms with Gasteiger partial charge in [0.2, 0.25) is 0 Å². The van der Waals surface area contributed by atoms with Gasteiger partial charge in [0, 0.05) is 29.6 Å². The molecule has 0 saturated heterocycles. The molecule has 1 aromatic heterocycles. The molecule has 4 aromatic rings. The van der Waals surface area contributed by atoms with Gasteiger partial charge in [-0.05, 0) is 29.3 Å². The lowest BCUT2D eigenvalue weighted by atomic mass is 9.91. The van der Waals surface area contributed by atoms with Crippen molar-refractivity contribution in [1.29, 1.82) is 0 Å². The molecule has 29 heavy (non-hydrogen) atoms. The number of benzene rings is 3. The fraction of sp³-hybridized carbons (Fsp3) is 0.125. The summed E-state index contributed by atoms with van der Waals surface area (Å²) in [7, 11) is 1.58. The summed E-state index contributed by atoms with van der Waals surface area (Å²) in [5, 5.41) is 7.04. The van der Waals surface area contributed by atoms with Crippen molar-refractivity contribution in [3.8, 4) is 5.75 Å². The predicted octanol–water partition coefficient (Wildman–Crippen LogP) is 5.13. The summed E-state index contributed by atoms with van der Waals surface area (Å²) in [5.74, 6) is 0.648. The maximum absolute atomic E-state index is 12.6. The molecule has 1 heterocycles. The first-order valence-electron chi connectivity index (χ1n) is 9.55. The van der Waals surface area contributed by atoms with Crippen LogP contribution in [0, 0.1) is 0 Å². The molecule has 0 saturated carbocycles. The first-order chi connectivity index (χ1) is 14.3. The van der Waals surface area contributed by atoms with E-state index in [1.54, 1.807) is 7.11 Å². The lowest BCUT2D eigenvalue weighted by Crippen LogP contribution is -2.32. The molecule has 3 aromatic carbocycles. The molecule has 0 unspecified atom stereocenters. The van der Waals surface area contributed by atoms with Crippen LogP contribution in [-0.4, -0.2) is 24.7 Å². The topological polar surface area (TPSA) is 66.2 Å². The quantitative estimate of drug-likeness (QED) is 0.431.